The van der Waals surface area contributed by atoms with Crippen LogP contribution in [0.3, 0.4) is 0 Å². The Hall–Kier alpha value is -1.20. The molecule has 0 amide bonds. The molecule has 0 radical (unpaired) electrons. The van der Waals surface area contributed by atoms with Gasteiger partial charge in [0.15, 0.2) is 0 Å². The number of halogens is 1. The fraction of sp³-hybridized carbons (Fsp3) is 0.533. The molecular weight excluding hydrogens is 244 g/mol. The van der Waals surface area contributed by atoms with E-state index in [1.165, 1.54) is 12.8 Å². The van der Waals surface area contributed by atoms with Crippen LogP contribution in [0.5, 0.6) is 0 Å². The predicted molar refractivity (Wildman–Crippen MR) is 75.9 cm³/mol. The van der Waals surface area contributed by atoms with E-state index in [9.17, 15) is 5.26 Å². The predicted octanol–water partition coefficient (Wildman–Crippen LogP) is 4.08. The molecule has 3 heteroatoms. The molecule has 0 N–H and O–H groups in total. The number of nitriles is 1. The molecule has 96 valence electrons. The fourth-order valence-electron chi connectivity index (χ4n) is 2.69. The van der Waals surface area contributed by atoms with E-state index in [1.54, 1.807) is 6.07 Å². The van der Waals surface area contributed by atoms with E-state index in [1.807, 2.05) is 12.1 Å². The average molecular weight is 263 g/mol. The van der Waals surface area contributed by atoms with Crippen molar-refractivity contribution in [3.8, 4) is 6.07 Å². The van der Waals surface area contributed by atoms with Crippen molar-refractivity contribution in [2.24, 2.45) is 11.8 Å². The van der Waals surface area contributed by atoms with Crippen LogP contribution >= 0.6 is 11.6 Å². The summed E-state index contributed by atoms with van der Waals surface area (Å²) in [4.78, 5) is 2.29. The van der Waals surface area contributed by atoms with Gasteiger partial charge in [0.2, 0.25) is 0 Å². The quantitative estimate of drug-likeness (QED) is 0.803. The van der Waals surface area contributed by atoms with Crippen LogP contribution in [0.15, 0.2) is 18.2 Å². The van der Waals surface area contributed by atoms with Gasteiger partial charge in [-0.05, 0) is 36.8 Å². The normalized spacial score (nSPS) is 16.9. The van der Waals surface area contributed by atoms with Crippen molar-refractivity contribution >= 4 is 17.3 Å². The van der Waals surface area contributed by atoms with Gasteiger partial charge in [0, 0.05) is 13.1 Å². The van der Waals surface area contributed by atoms with Crippen molar-refractivity contribution < 1.29 is 0 Å². The Balaban J connectivity index is 2.15. The third kappa shape index (κ3) is 2.62. The lowest BCUT2D eigenvalue weighted by molar-refractivity contribution is 0.311. The molecule has 1 aliphatic heterocycles. The number of rotatable bonds is 2. The zero-order chi connectivity index (χ0) is 13.1. The molecule has 0 aromatic heterocycles. The van der Waals surface area contributed by atoms with Gasteiger partial charge < -0.3 is 4.90 Å². The van der Waals surface area contributed by atoms with E-state index in [-0.39, 0.29) is 0 Å². The number of nitrogens with zero attached hydrogens (tertiary/aromatic N) is 2. The number of piperidine rings is 1. The summed E-state index contributed by atoms with van der Waals surface area (Å²) in [6.45, 7) is 6.64. The Bertz CT molecular complexity index is 454. The maximum atomic E-state index is 9.21. The minimum absolute atomic E-state index is 0.556. The molecule has 1 saturated heterocycles. The number of benzene rings is 1. The van der Waals surface area contributed by atoms with Crippen molar-refractivity contribution in [3.63, 3.8) is 0 Å². The molecule has 2 nitrogen and oxygen atoms in total. The number of hydrogen-bond donors (Lipinski definition) is 0. The summed E-state index contributed by atoms with van der Waals surface area (Å²) in [6, 6.07) is 7.93. The second kappa shape index (κ2) is 5.63. The van der Waals surface area contributed by atoms with Crippen molar-refractivity contribution in [2.45, 2.75) is 26.7 Å². The van der Waals surface area contributed by atoms with Crippen molar-refractivity contribution in [1.29, 1.82) is 5.26 Å². The van der Waals surface area contributed by atoms with Crippen LogP contribution in [-0.4, -0.2) is 13.1 Å². The van der Waals surface area contributed by atoms with Crippen LogP contribution in [0, 0.1) is 23.2 Å². The lowest BCUT2D eigenvalue weighted by Crippen LogP contribution is -2.35. The van der Waals surface area contributed by atoms with Crippen molar-refractivity contribution in [3.05, 3.63) is 28.8 Å². The van der Waals surface area contributed by atoms with Crippen LogP contribution in [0.2, 0.25) is 5.02 Å². The first-order chi connectivity index (χ1) is 8.63. The second-order valence-electron chi connectivity index (χ2n) is 5.31. The molecule has 18 heavy (non-hydrogen) atoms. The monoisotopic (exact) mass is 262 g/mol. The standard InChI is InChI=1S/C15H19ClN2/c1-11(2)12-6-8-18(9-7-12)15-5-3-4-14(16)13(15)10-17/h3-5,11-12H,6-9H2,1-2H3. The lowest BCUT2D eigenvalue weighted by Gasteiger charge is -2.35. The maximum Gasteiger partial charge on any atom is 0.103 e. The van der Waals surface area contributed by atoms with Gasteiger partial charge in [-0.25, -0.2) is 0 Å². The summed E-state index contributed by atoms with van der Waals surface area (Å²) in [5.74, 6) is 1.56. The van der Waals surface area contributed by atoms with Gasteiger partial charge in [0.1, 0.15) is 6.07 Å². The summed E-state index contributed by atoms with van der Waals surface area (Å²) < 4.78 is 0. The second-order valence-corrected chi connectivity index (χ2v) is 5.72. The molecule has 1 aliphatic rings. The number of anilines is 1. The van der Waals surface area contributed by atoms with Gasteiger partial charge in [-0.15, -0.1) is 0 Å². The van der Waals surface area contributed by atoms with E-state index < -0.39 is 0 Å². The molecule has 0 saturated carbocycles. The van der Waals surface area contributed by atoms with Crippen LogP contribution in [-0.2, 0) is 0 Å². The van der Waals surface area contributed by atoms with E-state index in [2.05, 4.69) is 24.8 Å². The Kier molecular flexibility index (Phi) is 4.14. The molecule has 1 fully saturated rings. The molecule has 2 rings (SSSR count). The molecule has 1 aromatic carbocycles. The first kappa shape index (κ1) is 13.2. The van der Waals surface area contributed by atoms with E-state index in [0.717, 1.165) is 30.6 Å². The molecular formula is C15H19ClN2. The molecule has 0 unspecified atom stereocenters. The van der Waals surface area contributed by atoms with Gasteiger partial charge >= 0.3 is 0 Å². The first-order valence-corrected chi connectivity index (χ1v) is 6.95. The Morgan fingerprint density at radius 1 is 1.33 bits per heavy atom. The summed E-state index contributed by atoms with van der Waals surface area (Å²) >= 11 is 6.08. The van der Waals surface area contributed by atoms with Crippen LogP contribution in [0.25, 0.3) is 0 Å². The highest BCUT2D eigenvalue weighted by molar-refractivity contribution is 6.32. The Morgan fingerprint density at radius 3 is 2.56 bits per heavy atom. The maximum absolute atomic E-state index is 9.21. The summed E-state index contributed by atoms with van der Waals surface area (Å²) in [5.41, 5.74) is 1.61. The van der Waals surface area contributed by atoms with Crippen molar-refractivity contribution in [1.82, 2.24) is 0 Å². The van der Waals surface area contributed by atoms with E-state index in [0.29, 0.717) is 10.6 Å². The summed E-state index contributed by atoms with van der Waals surface area (Å²) in [5, 5.41) is 9.77. The smallest absolute Gasteiger partial charge is 0.103 e. The Morgan fingerprint density at radius 2 is 2.00 bits per heavy atom. The van der Waals surface area contributed by atoms with Crippen LogP contribution in [0.1, 0.15) is 32.3 Å². The zero-order valence-electron chi connectivity index (χ0n) is 11.0. The average Bonchev–Trinajstić information content (AvgIpc) is 2.38. The molecule has 0 aliphatic carbocycles. The largest absolute Gasteiger partial charge is 0.370 e. The Labute approximate surface area is 114 Å². The lowest BCUT2D eigenvalue weighted by atomic mass is 9.86. The van der Waals surface area contributed by atoms with E-state index >= 15 is 0 Å². The summed E-state index contributed by atoms with van der Waals surface area (Å²) in [7, 11) is 0. The van der Waals surface area contributed by atoms with Crippen molar-refractivity contribution in [2.75, 3.05) is 18.0 Å². The zero-order valence-corrected chi connectivity index (χ0v) is 11.7. The van der Waals surface area contributed by atoms with Gasteiger partial charge in [0.25, 0.3) is 0 Å². The van der Waals surface area contributed by atoms with Gasteiger partial charge in [-0.1, -0.05) is 31.5 Å². The van der Waals surface area contributed by atoms with Gasteiger partial charge in [0.05, 0.1) is 16.3 Å². The van der Waals surface area contributed by atoms with Crippen LogP contribution < -0.4 is 4.90 Å². The third-order valence-corrected chi connectivity index (χ3v) is 4.24. The summed E-state index contributed by atoms with van der Waals surface area (Å²) in [6.07, 6.45) is 2.41. The van der Waals surface area contributed by atoms with Gasteiger partial charge in [-0.2, -0.15) is 5.26 Å². The fourth-order valence-corrected chi connectivity index (χ4v) is 2.91. The van der Waals surface area contributed by atoms with Crippen LogP contribution in [0.4, 0.5) is 5.69 Å². The molecule has 0 bridgehead atoms. The highest BCUT2D eigenvalue weighted by Crippen LogP contribution is 2.31. The third-order valence-electron chi connectivity index (χ3n) is 3.93. The molecule has 1 aromatic rings. The topological polar surface area (TPSA) is 27.0 Å². The highest BCUT2D eigenvalue weighted by Gasteiger charge is 2.23. The molecule has 0 spiro atoms. The minimum atomic E-state index is 0.556. The van der Waals surface area contributed by atoms with E-state index in [4.69, 9.17) is 11.6 Å². The minimum Gasteiger partial charge on any atom is -0.370 e. The first-order valence-electron chi connectivity index (χ1n) is 6.57. The SMILES string of the molecule is CC(C)C1CCN(c2cccc(Cl)c2C#N)CC1. The highest BCUT2D eigenvalue weighted by atomic mass is 35.5. The molecule has 0 atom stereocenters. The molecule has 1 heterocycles. The number of hydrogen-bond acceptors (Lipinski definition) is 2. The van der Waals surface area contributed by atoms with Gasteiger partial charge in [-0.3, -0.25) is 0 Å².